The topological polar surface area (TPSA) is 157 Å². The third kappa shape index (κ3) is 6.98. The third-order valence-corrected chi connectivity index (χ3v) is 8.70. The van der Waals surface area contributed by atoms with E-state index in [-0.39, 0.29) is 36.2 Å². The Morgan fingerprint density at radius 2 is 1.74 bits per heavy atom. The molecule has 13 heteroatoms. The van der Waals surface area contributed by atoms with Gasteiger partial charge >= 0.3 is 0 Å². The summed E-state index contributed by atoms with van der Waals surface area (Å²) >= 11 is 1.45. The van der Waals surface area contributed by atoms with Crippen LogP contribution in [0.2, 0.25) is 0 Å². The number of phenolic OH excluding ortho intramolecular Hbond substituents is 1. The number of hydrogen-bond acceptors (Lipinski definition) is 11. The van der Waals surface area contributed by atoms with Crippen LogP contribution in [0.4, 0.5) is 5.69 Å². The first-order chi connectivity index (χ1) is 23.0. The van der Waals surface area contributed by atoms with Crippen LogP contribution in [-0.4, -0.2) is 58.2 Å². The smallest absolute Gasteiger partial charge is 0.275 e. The zero-order valence-electron chi connectivity index (χ0n) is 24.9. The molecule has 1 saturated heterocycles. The number of amides is 1. The van der Waals surface area contributed by atoms with Gasteiger partial charge in [-0.3, -0.25) is 9.78 Å². The number of benzene rings is 4. The highest BCUT2D eigenvalue weighted by molar-refractivity contribution is 7.99. The summed E-state index contributed by atoms with van der Waals surface area (Å²) in [5.41, 5.74) is 5.33. The Morgan fingerprint density at radius 3 is 2.55 bits per heavy atom. The molecule has 2 aromatic heterocycles. The highest BCUT2D eigenvalue weighted by atomic mass is 32.2. The van der Waals surface area contributed by atoms with Crippen LogP contribution in [0, 0.1) is 0 Å². The predicted molar refractivity (Wildman–Crippen MR) is 174 cm³/mol. The lowest BCUT2D eigenvalue weighted by molar-refractivity contribution is -0.245. The number of rotatable bonds is 9. The summed E-state index contributed by atoms with van der Waals surface area (Å²) in [6.07, 6.45) is 0.743. The number of thioether (sulfide) groups is 1. The number of phenols is 1. The fourth-order valence-electron chi connectivity index (χ4n) is 5.24. The van der Waals surface area contributed by atoms with E-state index >= 15 is 0 Å². The molecule has 7 rings (SSSR count). The van der Waals surface area contributed by atoms with Gasteiger partial charge in [0.15, 0.2) is 6.29 Å². The number of tetrazole rings is 1. The van der Waals surface area contributed by atoms with Gasteiger partial charge in [0.05, 0.1) is 41.7 Å². The quantitative estimate of drug-likeness (QED) is 0.173. The summed E-state index contributed by atoms with van der Waals surface area (Å²) in [5.74, 6) is 0.302. The number of nitrogens with zero attached hydrogens (tertiary/aromatic N) is 6. The number of aromatic nitrogens is 6. The highest BCUT2D eigenvalue weighted by Gasteiger charge is 2.33. The van der Waals surface area contributed by atoms with E-state index in [1.54, 1.807) is 35.0 Å². The van der Waals surface area contributed by atoms with Crippen LogP contribution in [0.1, 0.15) is 46.0 Å². The van der Waals surface area contributed by atoms with Crippen LogP contribution in [0.15, 0.2) is 108 Å². The van der Waals surface area contributed by atoms with Gasteiger partial charge in [0, 0.05) is 23.4 Å². The number of fused-ring (bicyclic) bond motifs is 1. The minimum absolute atomic E-state index is 0.0458. The Hall–Kier alpha value is -5.21. The van der Waals surface area contributed by atoms with E-state index in [4.69, 9.17) is 9.47 Å². The monoisotopic (exact) mass is 647 g/mol. The minimum atomic E-state index is -0.734. The first-order valence-electron chi connectivity index (χ1n) is 14.9. The molecule has 4 aromatic carbocycles. The van der Waals surface area contributed by atoms with Gasteiger partial charge in [-0.2, -0.15) is 4.68 Å². The molecule has 0 saturated carbocycles. The number of para-hydroxylation sites is 2. The normalized spacial score (nSPS) is 17.9. The molecule has 0 radical (unpaired) electrons. The van der Waals surface area contributed by atoms with Crippen molar-refractivity contribution in [3.8, 4) is 11.4 Å². The number of nitrogens with one attached hydrogen (secondary N) is 1. The fourth-order valence-corrected chi connectivity index (χ4v) is 6.15. The van der Waals surface area contributed by atoms with Crippen LogP contribution in [-0.2, 0) is 16.1 Å². The molecule has 0 bridgehead atoms. The van der Waals surface area contributed by atoms with Gasteiger partial charge in [0.25, 0.3) is 5.91 Å². The third-order valence-electron chi connectivity index (χ3n) is 7.65. The zero-order chi connectivity index (χ0) is 32.2. The van der Waals surface area contributed by atoms with Gasteiger partial charge in [-0.15, -0.1) is 5.10 Å². The van der Waals surface area contributed by atoms with Crippen molar-refractivity contribution in [3.05, 3.63) is 126 Å². The largest absolute Gasteiger partial charge is 0.508 e. The molecule has 0 unspecified atom stereocenters. The minimum Gasteiger partial charge on any atom is -0.508 e. The zero-order valence-corrected chi connectivity index (χ0v) is 25.7. The predicted octanol–water partition coefficient (Wildman–Crippen LogP) is 5.39. The van der Waals surface area contributed by atoms with E-state index in [9.17, 15) is 15.0 Å². The molecule has 47 heavy (non-hydrogen) atoms. The van der Waals surface area contributed by atoms with Crippen molar-refractivity contribution in [3.63, 3.8) is 0 Å². The van der Waals surface area contributed by atoms with Crippen LogP contribution in [0.5, 0.6) is 5.75 Å². The van der Waals surface area contributed by atoms with Gasteiger partial charge in [-0.25, -0.2) is 4.98 Å². The Balaban J connectivity index is 1.10. The van der Waals surface area contributed by atoms with Crippen molar-refractivity contribution in [2.75, 3.05) is 11.1 Å². The average molecular weight is 648 g/mol. The summed E-state index contributed by atoms with van der Waals surface area (Å²) in [6.45, 7) is -0.0458. The second kappa shape index (κ2) is 13.6. The van der Waals surface area contributed by atoms with Crippen LogP contribution in [0.25, 0.3) is 16.7 Å². The number of carbonyl (C=O) groups is 1. The lowest BCUT2D eigenvalue weighted by atomic mass is 10.0. The number of aliphatic hydroxyl groups excluding tert-OH is 1. The first-order valence-corrected chi connectivity index (χ1v) is 15.9. The number of aromatic hydroxyl groups is 1. The number of aliphatic hydroxyl groups is 1. The molecule has 12 nitrogen and oxygen atoms in total. The van der Waals surface area contributed by atoms with E-state index in [1.165, 1.54) is 18.0 Å². The fraction of sp³-hybridized carbons (Fsp3) is 0.176. The van der Waals surface area contributed by atoms with Gasteiger partial charge < -0.3 is 25.0 Å². The molecule has 6 aromatic rings. The van der Waals surface area contributed by atoms with Gasteiger partial charge in [-0.05, 0) is 70.1 Å². The van der Waals surface area contributed by atoms with E-state index in [0.29, 0.717) is 34.1 Å². The van der Waals surface area contributed by atoms with E-state index in [0.717, 1.165) is 22.4 Å². The van der Waals surface area contributed by atoms with Crippen LogP contribution in [0.3, 0.4) is 0 Å². The molecule has 0 aliphatic carbocycles. The van der Waals surface area contributed by atoms with Gasteiger partial charge in [-0.1, -0.05) is 60.3 Å². The van der Waals surface area contributed by atoms with Crippen LogP contribution < -0.4 is 5.32 Å². The SMILES string of the molecule is O=C(Nc1cccc([C@@H]2O[C@H](CSc3nnnn3-c3ccc(O)cc3)C[C@H](c3ccc(CO)cc3)O2)c1)c1cnc2ccccc2n1. The molecular formula is C34H29N7O5S. The molecule has 1 amide bonds. The Morgan fingerprint density at radius 1 is 0.936 bits per heavy atom. The van der Waals surface area contributed by atoms with Gasteiger partial charge in [0.2, 0.25) is 5.16 Å². The Labute approximate surface area is 273 Å². The molecule has 0 spiro atoms. The summed E-state index contributed by atoms with van der Waals surface area (Å²) in [7, 11) is 0. The maximum atomic E-state index is 13.1. The second-order valence-corrected chi connectivity index (χ2v) is 11.9. The molecule has 1 aliphatic rings. The molecule has 3 N–H and O–H groups in total. The van der Waals surface area contributed by atoms with E-state index < -0.39 is 6.29 Å². The number of ether oxygens (including phenoxy) is 2. The standard InChI is InChI=1S/C34H29N7O5S/c42-19-21-8-10-22(11-9-21)31-17-27(20-47-34-38-39-40-41(34)25-12-14-26(43)15-13-25)45-33(46-31)23-4-3-5-24(16-23)36-32(44)30-18-35-28-6-1-2-7-29(28)37-30/h1-16,18,27,31,33,42-43H,17,19-20H2,(H,36,44)/t27-,31+,33+/m0/s1. The molecule has 236 valence electrons. The maximum absolute atomic E-state index is 13.1. The van der Waals surface area contributed by atoms with Crippen molar-refractivity contribution in [1.82, 2.24) is 30.2 Å². The number of carbonyl (C=O) groups excluding carboxylic acids is 1. The van der Waals surface area contributed by atoms with Crippen LogP contribution >= 0.6 is 11.8 Å². The van der Waals surface area contributed by atoms with Crippen molar-refractivity contribution < 1.29 is 24.5 Å². The summed E-state index contributed by atoms with van der Waals surface area (Å²) < 4.78 is 14.6. The van der Waals surface area contributed by atoms with Gasteiger partial charge in [0.1, 0.15) is 11.4 Å². The van der Waals surface area contributed by atoms with Crippen molar-refractivity contribution in [1.29, 1.82) is 0 Å². The van der Waals surface area contributed by atoms with Crippen molar-refractivity contribution in [2.24, 2.45) is 0 Å². The molecule has 3 atom stereocenters. The van der Waals surface area contributed by atoms with Crippen molar-refractivity contribution in [2.45, 2.75) is 36.7 Å². The molecule has 3 heterocycles. The Kier molecular flexibility index (Phi) is 8.84. The maximum Gasteiger partial charge on any atom is 0.275 e. The number of anilines is 1. The van der Waals surface area contributed by atoms with E-state index in [1.807, 2.05) is 66.7 Å². The summed E-state index contributed by atoms with van der Waals surface area (Å²) in [6, 6.07) is 29.0. The first kappa shape index (κ1) is 30.4. The lowest BCUT2D eigenvalue weighted by Gasteiger charge is -2.36. The van der Waals surface area contributed by atoms with Crippen molar-refractivity contribution >= 4 is 34.4 Å². The average Bonchev–Trinajstić information content (AvgIpc) is 3.59. The second-order valence-electron chi connectivity index (χ2n) is 10.9. The Bertz CT molecular complexity index is 2010. The molecule has 1 aliphatic heterocycles. The molecular weight excluding hydrogens is 618 g/mol. The summed E-state index contributed by atoms with van der Waals surface area (Å²) in [4.78, 5) is 21.9. The highest BCUT2D eigenvalue weighted by Crippen LogP contribution is 2.40. The lowest BCUT2D eigenvalue weighted by Crippen LogP contribution is -2.31. The number of hydrogen-bond donors (Lipinski definition) is 3. The molecule has 1 fully saturated rings. The summed E-state index contributed by atoms with van der Waals surface area (Å²) in [5, 5.41) is 34.9. The van der Waals surface area contributed by atoms with E-state index in [2.05, 4.69) is 30.8 Å².